The summed E-state index contributed by atoms with van der Waals surface area (Å²) in [4.78, 5) is 19.0. The molecule has 0 spiro atoms. The molecule has 0 aromatic carbocycles. The van der Waals surface area contributed by atoms with Gasteiger partial charge in [-0.25, -0.2) is 0 Å². The second-order valence-corrected chi connectivity index (χ2v) is 16.3. The maximum Gasteiger partial charge on any atom is 0.0680 e. The van der Waals surface area contributed by atoms with E-state index in [0.29, 0.717) is 29.0 Å². The molecule has 254 valence electrons. The number of carbonyl (C=O) groups excluding carboxylic acids is 2. The van der Waals surface area contributed by atoms with Crippen LogP contribution in [0.25, 0.3) is 0 Å². The largest absolute Gasteiger partial charge is 0.550 e. The smallest absolute Gasteiger partial charge is 0.0680 e. The molecule has 0 bridgehead atoms. The molecule has 8 heteroatoms. The summed E-state index contributed by atoms with van der Waals surface area (Å²) in [5.41, 5.74) is 2.92. The third kappa shape index (κ3) is 9.48. The van der Waals surface area contributed by atoms with E-state index in [0.717, 1.165) is 35.5 Å². The zero-order valence-corrected chi connectivity index (χ0v) is 29.0. The number of allylic oxidation sites excluding steroid dienone is 2. The van der Waals surface area contributed by atoms with Crippen LogP contribution in [0.3, 0.4) is 0 Å². The van der Waals surface area contributed by atoms with Crippen LogP contribution in [0.15, 0.2) is 11.6 Å². The fraction of sp³-hybridized carbons (Fsp3) is 0.889. The molecule has 5 rings (SSSR count). The predicted octanol–water partition coefficient (Wildman–Crippen LogP) is 4.29. The molecule has 1 heterocycles. The van der Waals surface area contributed by atoms with Crippen LogP contribution in [0.2, 0.25) is 0 Å². The Hall–Kier alpha value is -1.09. The second-order valence-electron chi connectivity index (χ2n) is 15.6. The van der Waals surface area contributed by atoms with Crippen molar-refractivity contribution >= 4 is 24.6 Å². The average Bonchev–Trinajstić information content (AvgIpc) is 3.55. The fourth-order valence-electron chi connectivity index (χ4n) is 9.81. The maximum absolute atomic E-state index is 9.50. The van der Waals surface area contributed by atoms with Crippen molar-refractivity contribution in [2.24, 2.45) is 46.3 Å². The molecule has 4 fully saturated rings. The molecule has 3 N–H and O–H groups in total. The summed E-state index contributed by atoms with van der Waals surface area (Å²) in [7, 11) is 0. The molecule has 44 heavy (non-hydrogen) atoms. The second kappa shape index (κ2) is 16.6. The van der Waals surface area contributed by atoms with Crippen LogP contribution in [0, 0.1) is 46.3 Å². The van der Waals surface area contributed by atoms with Crippen LogP contribution in [-0.2, 0) is 9.59 Å². The van der Waals surface area contributed by atoms with Gasteiger partial charge >= 0.3 is 0 Å². The molecule has 1 saturated heterocycles. The van der Waals surface area contributed by atoms with Crippen molar-refractivity contribution in [3.8, 4) is 0 Å². The molecule has 1 unspecified atom stereocenters. The zero-order chi connectivity index (χ0) is 32.7. The molecule has 3 saturated carbocycles. The van der Waals surface area contributed by atoms with Gasteiger partial charge in [-0.3, -0.25) is 0 Å². The first-order valence-electron chi connectivity index (χ1n) is 17.5. The van der Waals surface area contributed by atoms with E-state index in [1.54, 1.807) is 5.57 Å². The van der Waals surface area contributed by atoms with E-state index < -0.39 is 24.8 Å². The minimum absolute atomic E-state index is 0.130. The fourth-order valence-corrected chi connectivity index (χ4v) is 10.1. The minimum Gasteiger partial charge on any atom is -0.550 e. The van der Waals surface area contributed by atoms with E-state index in [1.807, 2.05) is 0 Å². The Morgan fingerprint density at radius 1 is 1.02 bits per heavy atom. The number of aliphatic hydroxyl groups is 2. The van der Waals surface area contributed by atoms with Gasteiger partial charge in [-0.1, -0.05) is 65.5 Å². The Morgan fingerprint density at radius 2 is 1.70 bits per heavy atom. The number of aliphatic hydroxyl groups excluding tert-OH is 2. The lowest BCUT2D eigenvalue weighted by molar-refractivity contribution is -0.315. The quantitative estimate of drug-likeness (QED) is 0.219. The highest BCUT2D eigenvalue weighted by molar-refractivity contribution is 7.80. The van der Waals surface area contributed by atoms with E-state index >= 15 is 0 Å². The van der Waals surface area contributed by atoms with Gasteiger partial charge in [0, 0.05) is 29.8 Å². The van der Waals surface area contributed by atoms with Gasteiger partial charge in [0.1, 0.15) is 0 Å². The van der Waals surface area contributed by atoms with Crippen molar-refractivity contribution in [2.45, 2.75) is 142 Å². The van der Waals surface area contributed by atoms with E-state index in [1.165, 1.54) is 70.6 Å². The highest BCUT2D eigenvalue weighted by Gasteiger charge is 2.59. The number of aliphatic carboxylic acids is 2. The van der Waals surface area contributed by atoms with Gasteiger partial charge in [0.2, 0.25) is 0 Å². The van der Waals surface area contributed by atoms with Gasteiger partial charge in [-0.15, -0.1) is 0 Å². The average molecular weight is 636 g/mol. The SMILES string of the molecule is CC(C)CCC[C@@H](C)[C@H]1CC[C@H]2[C@@H]3CC=C4C[C@@H](S)CC[C@]4(C)[C@H]3CC[C@]12C.O=C([O-])CCC(=O)[O-].OC[C@@H]1CC(O)CN1. The Kier molecular flexibility index (Phi) is 14.1. The van der Waals surface area contributed by atoms with Crippen molar-refractivity contribution in [1.29, 1.82) is 0 Å². The van der Waals surface area contributed by atoms with Gasteiger partial charge in [0.05, 0.1) is 12.7 Å². The number of carboxylic acid groups (broad SMARTS) is 2. The van der Waals surface area contributed by atoms with Gasteiger partial charge in [0.25, 0.3) is 0 Å². The van der Waals surface area contributed by atoms with Crippen LogP contribution in [0.4, 0.5) is 0 Å². The number of β-amino-alcohol motifs (C(OH)–C–C–N with tert-alkyl or cyclic N) is 1. The molecule has 4 aliphatic carbocycles. The third-order valence-corrected chi connectivity index (χ3v) is 12.7. The van der Waals surface area contributed by atoms with Crippen molar-refractivity contribution in [3.05, 3.63) is 11.6 Å². The number of thiol groups is 1. The first-order valence-corrected chi connectivity index (χ1v) is 18.0. The summed E-state index contributed by atoms with van der Waals surface area (Å²) in [5, 5.41) is 39.9. The lowest BCUT2D eigenvalue weighted by Crippen LogP contribution is -2.50. The molecule has 0 amide bonds. The standard InChI is InChI=1S/C27H46S.C5H11NO2.C4H6O4/c1-18(2)7-6-8-19(3)23-11-12-24-22-10-9-20-17-21(28)13-15-26(20,4)25(22)14-16-27(23,24)5;7-3-4-1-5(8)2-6-4;5-3(6)1-2-4(7)8/h9,18-19,21-25,28H,6-8,10-17H2,1-5H3;4-8H,1-3H2;1-2H2,(H,5,6)(H,7,8)/p-2/t19-,21+,22+,23-,24+,25+,26+,27-;4-,5?;/m10./s1. The first kappa shape index (κ1) is 37.4. The molecule has 0 aromatic rings. The zero-order valence-electron chi connectivity index (χ0n) is 28.1. The minimum atomic E-state index is -1.37. The number of carbonyl (C=O) groups is 2. The summed E-state index contributed by atoms with van der Waals surface area (Å²) in [6.45, 7) is 13.5. The molecule has 10 atom stereocenters. The van der Waals surface area contributed by atoms with Crippen molar-refractivity contribution < 1.29 is 30.0 Å². The normalized spacial score (nSPS) is 38.1. The molecule has 7 nitrogen and oxygen atoms in total. The predicted molar refractivity (Wildman–Crippen MR) is 175 cm³/mol. The summed E-state index contributed by atoms with van der Waals surface area (Å²) in [6.07, 6.45) is 17.9. The molecule has 0 aromatic heterocycles. The Balaban J connectivity index is 0.000000271. The molecular weight excluding hydrogens is 574 g/mol. The first-order chi connectivity index (χ1) is 20.7. The number of nitrogens with one attached hydrogen (secondary N) is 1. The number of hydrogen-bond acceptors (Lipinski definition) is 8. The lowest BCUT2D eigenvalue weighted by atomic mass is 9.47. The summed E-state index contributed by atoms with van der Waals surface area (Å²) >= 11 is 4.84. The summed E-state index contributed by atoms with van der Waals surface area (Å²) in [6, 6.07) is 0.130. The number of hydrogen-bond donors (Lipinski definition) is 4. The van der Waals surface area contributed by atoms with Crippen molar-refractivity contribution in [2.75, 3.05) is 13.2 Å². The highest BCUT2D eigenvalue weighted by Crippen LogP contribution is 2.67. The third-order valence-electron chi connectivity index (χ3n) is 12.2. The number of carboxylic acids is 2. The van der Waals surface area contributed by atoms with E-state index in [9.17, 15) is 19.8 Å². The van der Waals surface area contributed by atoms with Crippen LogP contribution in [-0.4, -0.2) is 52.7 Å². The van der Waals surface area contributed by atoms with Gasteiger partial charge in [-0.05, 0) is 117 Å². The van der Waals surface area contributed by atoms with Crippen LogP contribution in [0.1, 0.15) is 125 Å². The molecule has 5 aliphatic rings. The Labute approximate surface area is 272 Å². The molecule has 0 radical (unpaired) electrons. The number of fused-ring (bicyclic) bond motifs is 5. The van der Waals surface area contributed by atoms with Crippen molar-refractivity contribution in [3.63, 3.8) is 0 Å². The van der Waals surface area contributed by atoms with Crippen LogP contribution in [0.5, 0.6) is 0 Å². The molecule has 1 aliphatic heterocycles. The Bertz CT molecular complexity index is 958. The van der Waals surface area contributed by atoms with E-state index in [-0.39, 0.29) is 18.8 Å². The lowest BCUT2D eigenvalue weighted by Gasteiger charge is -2.58. The maximum atomic E-state index is 9.50. The summed E-state index contributed by atoms with van der Waals surface area (Å²) in [5.74, 6) is 2.96. The van der Waals surface area contributed by atoms with E-state index in [4.69, 9.17) is 22.8 Å². The van der Waals surface area contributed by atoms with Gasteiger partial charge < -0.3 is 35.3 Å². The number of rotatable bonds is 9. The summed E-state index contributed by atoms with van der Waals surface area (Å²) < 4.78 is 0. The molecular formula is C36H61NO6S-2. The van der Waals surface area contributed by atoms with Crippen LogP contribution < -0.4 is 15.5 Å². The van der Waals surface area contributed by atoms with Gasteiger partial charge in [-0.2, -0.15) is 12.6 Å². The van der Waals surface area contributed by atoms with Crippen molar-refractivity contribution in [1.82, 2.24) is 5.32 Å². The Morgan fingerprint density at radius 3 is 2.25 bits per heavy atom. The highest BCUT2D eigenvalue weighted by atomic mass is 32.1. The van der Waals surface area contributed by atoms with Gasteiger partial charge in [0.15, 0.2) is 0 Å². The van der Waals surface area contributed by atoms with E-state index in [2.05, 4.69) is 46.0 Å². The topological polar surface area (TPSA) is 133 Å². The monoisotopic (exact) mass is 635 g/mol. The van der Waals surface area contributed by atoms with Crippen LogP contribution >= 0.6 is 12.6 Å².